The second-order valence-electron chi connectivity index (χ2n) is 7.19. The number of nitrogens with zero attached hydrogens (tertiary/aromatic N) is 5. The Balaban J connectivity index is 1.37. The summed E-state index contributed by atoms with van der Waals surface area (Å²) in [5.74, 6) is 0.809. The summed E-state index contributed by atoms with van der Waals surface area (Å²) in [6.45, 7) is 5.08. The maximum Gasteiger partial charge on any atom is 0.235 e. The number of hydrogen-bond acceptors (Lipinski definition) is 5. The van der Waals surface area contributed by atoms with Crippen molar-refractivity contribution in [1.82, 2.24) is 24.7 Å². The molecule has 0 unspecified atom stereocenters. The molecule has 0 radical (unpaired) electrons. The SMILES string of the molecule is Cc1cccc(-c2nnc3sc(C4=CCN(Cc5ccccc5)CC4)nn23)c1. The van der Waals surface area contributed by atoms with E-state index < -0.39 is 0 Å². The first kappa shape index (κ1) is 17.3. The van der Waals surface area contributed by atoms with Gasteiger partial charge in [0.05, 0.1) is 0 Å². The Labute approximate surface area is 168 Å². The van der Waals surface area contributed by atoms with Gasteiger partial charge in [-0.2, -0.15) is 9.61 Å². The molecule has 0 spiro atoms. The van der Waals surface area contributed by atoms with Crippen molar-refractivity contribution in [3.63, 3.8) is 0 Å². The van der Waals surface area contributed by atoms with Gasteiger partial charge in [-0.05, 0) is 30.5 Å². The normalized spacial score (nSPS) is 15.1. The molecule has 1 aliphatic rings. The average molecular weight is 388 g/mol. The zero-order chi connectivity index (χ0) is 18.9. The lowest BCUT2D eigenvalue weighted by atomic mass is 10.1. The Morgan fingerprint density at radius 2 is 1.93 bits per heavy atom. The second kappa shape index (κ2) is 7.30. The summed E-state index contributed by atoms with van der Waals surface area (Å²) in [4.78, 5) is 3.32. The number of aromatic nitrogens is 4. The molecule has 0 bridgehead atoms. The zero-order valence-electron chi connectivity index (χ0n) is 15.7. The fourth-order valence-corrected chi connectivity index (χ4v) is 4.51. The summed E-state index contributed by atoms with van der Waals surface area (Å²) >= 11 is 1.62. The molecule has 2 aromatic heterocycles. The molecule has 2 aromatic carbocycles. The van der Waals surface area contributed by atoms with Gasteiger partial charge < -0.3 is 0 Å². The van der Waals surface area contributed by atoms with Gasteiger partial charge in [0.15, 0.2) is 5.82 Å². The maximum atomic E-state index is 4.83. The molecule has 0 saturated heterocycles. The van der Waals surface area contributed by atoms with E-state index in [1.165, 1.54) is 16.7 Å². The molecule has 3 heterocycles. The molecule has 4 aromatic rings. The van der Waals surface area contributed by atoms with Crippen LogP contribution >= 0.6 is 11.3 Å². The van der Waals surface area contributed by atoms with Gasteiger partial charge in [-0.25, -0.2) is 0 Å². The van der Waals surface area contributed by atoms with Crippen LogP contribution in [0.4, 0.5) is 0 Å². The summed E-state index contributed by atoms with van der Waals surface area (Å²) in [6.07, 6.45) is 3.32. The molecule has 6 heteroatoms. The van der Waals surface area contributed by atoms with Gasteiger partial charge in [0.25, 0.3) is 0 Å². The van der Waals surface area contributed by atoms with Gasteiger partial charge in [-0.1, -0.05) is 71.5 Å². The van der Waals surface area contributed by atoms with Crippen molar-refractivity contribution >= 4 is 21.9 Å². The van der Waals surface area contributed by atoms with E-state index in [9.17, 15) is 0 Å². The average Bonchev–Trinajstić information content (AvgIpc) is 3.30. The van der Waals surface area contributed by atoms with E-state index in [4.69, 9.17) is 5.10 Å². The first-order valence-electron chi connectivity index (χ1n) is 9.51. The zero-order valence-corrected chi connectivity index (χ0v) is 16.6. The van der Waals surface area contributed by atoms with Gasteiger partial charge in [-0.3, -0.25) is 4.90 Å². The van der Waals surface area contributed by atoms with Gasteiger partial charge >= 0.3 is 0 Å². The highest BCUT2D eigenvalue weighted by Crippen LogP contribution is 2.29. The number of aryl methyl sites for hydroxylation is 1. The van der Waals surface area contributed by atoms with E-state index in [1.807, 2.05) is 10.6 Å². The summed E-state index contributed by atoms with van der Waals surface area (Å²) in [5.41, 5.74) is 4.94. The van der Waals surface area contributed by atoms with E-state index in [0.29, 0.717) is 0 Å². The van der Waals surface area contributed by atoms with E-state index in [-0.39, 0.29) is 0 Å². The smallest absolute Gasteiger partial charge is 0.235 e. The molecule has 0 saturated carbocycles. The van der Waals surface area contributed by atoms with Crippen molar-refractivity contribution in [2.24, 2.45) is 0 Å². The van der Waals surface area contributed by atoms with Crippen molar-refractivity contribution < 1.29 is 0 Å². The Morgan fingerprint density at radius 1 is 1.04 bits per heavy atom. The summed E-state index contributed by atoms with van der Waals surface area (Å²) in [7, 11) is 0. The number of rotatable bonds is 4. The van der Waals surface area contributed by atoms with Crippen LogP contribution in [0, 0.1) is 6.92 Å². The lowest BCUT2D eigenvalue weighted by Crippen LogP contribution is -2.27. The summed E-state index contributed by atoms with van der Waals surface area (Å²) < 4.78 is 1.88. The molecule has 5 nitrogen and oxygen atoms in total. The standard InChI is InChI=1S/C22H21N5S/c1-16-6-5-9-19(14-16)20-23-24-22-27(20)25-21(28-22)18-10-12-26(13-11-18)15-17-7-3-2-4-8-17/h2-10,14H,11-13,15H2,1H3. The van der Waals surface area contributed by atoms with Crippen LogP contribution in [0.1, 0.15) is 22.6 Å². The maximum absolute atomic E-state index is 4.83. The van der Waals surface area contributed by atoms with Crippen molar-refractivity contribution in [2.75, 3.05) is 13.1 Å². The van der Waals surface area contributed by atoms with Gasteiger partial charge in [-0.15, -0.1) is 10.2 Å². The summed E-state index contributed by atoms with van der Waals surface area (Å²) in [5, 5.41) is 14.6. The third kappa shape index (κ3) is 3.37. The van der Waals surface area contributed by atoms with Crippen LogP contribution < -0.4 is 0 Å². The van der Waals surface area contributed by atoms with Crippen LogP contribution in [0.3, 0.4) is 0 Å². The molecule has 0 amide bonds. The highest BCUT2D eigenvalue weighted by Gasteiger charge is 2.19. The van der Waals surface area contributed by atoms with Gasteiger partial charge in [0.1, 0.15) is 5.01 Å². The molecule has 140 valence electrons. The van der Waals surface area contributed by atoms with E-state index in [1.54, 1.807) is 11.3 Å². The minimum atomic E-state index is 0.809. The quantitative estimate of drug-likeness (QED) is 0.519. The minimum Gasteiger partial charge on any atom is -0.295 e. The predicted molar refractivity (Wildman–Crippen MR) is 113 cm³/mol. The highest BCUT2D eigenvalue weighted by molar-refractivity contribution is 7.17. The van der Waals surface area contributed by atoms with E-state index >= 15 is 0 Å². The van der Waals surface area contributed by atoms with Crippen LogP contribution in [0.5, 0.6) is 0 Å². The van der Waals surface area contributed by atoms with E-state index in [2.05, 4.69) is 76.6 Å². The Hall–Kier alpha value is -2.83. The fourth-order valence-electron chi connectivity index (χ4n) is 3.60. The Bertz CT molecular complexity index is 1140. The molecular weight excluding hydrogens is 366 g/mol. The van der Waals surface area contributed by atoms with Crippen molar-refractivity contribution in [3.05, 3.63) is 76.8 Å². The van der Waals surface area contributed by atoms with Crippen LogP contribution in [-0.4, -0.2) is 37.8 Å². The molecule has 28 heavy (non-hydrogen) atoms. The third-order valence-corrected chi connectivity index (χ3v) is 6.06. The molecular formula is C22H21N5S. The van der Waals surface area contributed by atoms with Crippen LogP contribution in [-0.2, 0) is 6.54 Å². The monoisotopic (exact) mass is 387 g/mol. The number of benzene rings is 2. The Kier molecular flexibility index (Phi) is 4.50. The predicted octanol–water partition coefficient (Wildman–Crippen LogP) is 4.45. The van der Waals surface area contributed by atoms with Crippen molar-refractivity contribution in [2.45, 2.75) is 19.9 Å². The first-order valence-corrected chi connectivity index (χ1v) is 10.3. The summed E-state index contributed by atoms with van der Waals surface area (Å²) in [6, 6.07) is 19.0. The van der Waals surface area contributed by atoms with Crippen LogP contribution in [0.15, 0.2) is 60.7 Å². The molecule has 1 aliphatic heterocycles. The molecule has 5 rings (SSSR count). The van der Waals surface area contributed by atoms with Gasteiger partial charge in [0, 0.05) is 25.2 Å². The van der Waals surface area contributed by atoms with Crippen LogP contribution in [0.2, 0.25) is 0 Å². The third-order valence-electron chi connectivity index (χ3n) is 5.08. The Morgan fingerprint density at radius 3 is 2.71 bits per heavy atom. The topological polar surface area (TPSA) is 46.3 Å². The van der Waals surface area contributed by atoms with Crippen molar-refractivity contribution in [1.29, 1.82) is 0 Å². The lowest BCUT2D eigenvalue weighted by Gasteiger charge is -2.25. The second-order valence-corrected chi connectivity index (χ2v) is 8.15. The molecule has 0 N–H and O–H groups in total. The first-order chi connectivity index (χ1) is 13.8. The lowest BCUT2D eigenvalue weighted by molar-refractivity contribution is 0.294. The minimum absolute atomic E-state index is 0.809. The number of fused-ring (bicyclic) bond motifs is 1. The van der Waals surface area contributed by atoms with Crippen LogP contribution in [0.25, 0.3) is 21.9 Å². The largest absolute Gasteiger partial charge is 0.295 e. The fraction of sp³-hybridized carbons (Fsp3) is 0.227. The molecule has 0 atom stereocenters. The number of hydrogen-bond donors (Lipinski definition) is 0. The highest BCUT2D eigenvalue weighted by atomic mass is 32.1. The van der Waals surface area contributed by atoms with Crippen molar-refractivity contribution in [3.8, 4) is 11.4 Å². The van der Waals surface area contributed by atoms with E-state index in [0.717, 1.165) is 47.4 Å². The molecule has 0 aliphatic carbocycles. The molecule has 0 fully saturated rings. The van der Waals surface area contributed by atoms with Gasteiger partial charge in [0.2, 0.25) is 4.96 Å².